The lowest BCUT2D eigenvalue weighted by Crippen LogP contribution is -2.42. The summed E-state index contributed by atoms with van der Waals surface area (Å²) in [6.07, 6.45) is 4.63. The van der Waals surface area contributed by atoms with Crippen molar-refractivity contribution in [2.75, 3.05) is 19.7 Å². The molecule has 2 unspecified atom stereocenters. The monoisotopic (exact) mass is 200 g/mol. The molecule has 1 saturated heterocycles. The standard InChI is InChI=1S/C11H24N2O/c1-3-5-10(12)8-13-9-11(2)6-4-7-14-11/h10,13H,3-9,12H2,1-2H3. The second-order valence-electron chi connectivity index (χ2n) is 4.58. The van der Waals surface area contributed by atoms with Crippen molar-refractivity contribution in [1.82, 2.24) is 5.32 Å². The molecule has 3 N–H and O–H groups in total. The number of nitrogens with two attached hydrogens (primary N) is 1. The maximum Gasteiger partial charge on any atom is 0.0779 e. The van der Waals surface area contributed by atoms with E-state index in [1.165, 1.54) is 12.8 Å². The maximum atomic E-state index is 5.91. The highest BCUT2D eigenvalue weighted by Gasteiger charge is 2.28. The molecule has 1 rings (SSSR count). The summed E-state index contributed by atoms with van der Waals surface area (Å²) in [4.78, 5) is 0. The molecule has 3 heteroatoms. The van der Waals surface area contributed by atoms with Gasteiger partial charge in [-0.2, -0.15) is 0 Å². The number of hydrogen-bond acceptors (Lipinski definition) is 3. The Kier molecular flexibility index (Phi) is 4.85. The highest BCUT2D eigenvalue weighted by atomic mass is 16.5. The molecule has 1 aliphatic rings. The van der Waals surface area contributed by atoms with Crippen LogP contribution in [0.5, 0.6) is 0 Å². The molecule has 0 aromatic rings. The van der Waals surface area contributed by atoms with Gasteiger partial charge in [0.15, 0.2) is 0 Å². The summed E-state index contributed by atoms with van der Waals surface area (Å²) in [5, 5.41) is 3.40. The largest absolute Gasteiger partial charge is 0.374 e. The third-order valence-electron chi connectivity index (χ3n) is 2.87. The molecule has 0 spiro atoms. The molecule has 0 aliphatic carbocycles. The zero-order valence-corrected chi connectivity index (χ0v) is 9.51. The first kappa shape index (κ1) is 12.0. The summed E-state index contributed by atoms with van der Waals surface area (Å²) < 4.78 is 5.68. The normalized spacial score (nSPS) is 29.4. The summed E-state index contributed by atoms with van der Waals surface area (Å²) in [6, 6.07) is 0.296. The van der Waals surface area contributed by atoms with E-state index in [0.29, 0.717) is 6.04 Å². The van der Waals surface area contributed by atoms with E-state index in [9.17, 15) is 0 Å². The summed E-state index contributed by atoms with van der Waals surface area (Å²) in [7, 11) is 0. The van der Waals surface area contributed by atoms with Gasteiger partial charge in [0.05, 0.1) is 5.60 Å². The Morgan fingerprint density at radius 2 is 2.36 bits per heavy atom. The summed E-state index contributed by atoms with van der Waals surface area (Å²) in [5.74, 6) is 0. The molecule has 0 aromatic carbocycles. The molecule has 0 aromatic heterocycles. The fraction of sp³-hybridized carbons (Fsp3) is 1.00. The Morgan fingerprint density at radius 3 is 2.93 bits per heavy atom. The van der Waals surface area contributed by atoms with E-state index >= 15 is 0 Å². The van der Waals surface area contributed by atoms with E-state index in [1.807, 2.05) is 0 Å². The van der Waals surface area contributed by atoms with Crippen molar-refractivity contribution >= 4 is 0 Å². The van der Waals surface area contributed by atoms with E-state index in [4.69, 9.17) is 10.5 Å². The Bertz CT molecular complexity index is 155. The van der Waals surface area contributed by atoms with Crippen LogP contribution in [0.2, 0.25) is 0 Å². The summed E-state index contributed by atoms with van der Waals surface area (Å²) in [5.41, 5.74) is 5.97. The molecule has 0 bridgehead atoms. The minimum absolute atomic E-state index is 0.0614. The van der Waals surface area contributed by atoms with Crippen LogP contribution in [0.25, 0.3) is 0 Å². The van der Waals surface area contributed by atoms with Gasteiger partial charge >= 0.3 is 0 Å². The van der Waals surface area contributed by atoms with Gasteiger partial charge < -0.3 is 15.8 Å². The molecule has 1 fully saturated rings. The topological polar surface area (TPSA) is 47.3 Å². The van der Waals surface area contributed by atoms with E-state index in [1.54, 1.807) is 0 Å². The molecular weight excluding hydrogens is 176 g/mol. The smallest absolute Gasteiger partial charge is 0.0779 e. The van der Waals surface area contributed by atoms with Crippen molar-refractivity contribution in [1.29, 1.82) is 0 Å². The molecule has 0 radical (unpaired) electrons. The molecule has 3 nitrogen and oxygen atoms in total. The van der Waals surface area contributed by atoms with E-state index < -0.39 is 0 Å². The molecule has 14 heavy (non-hydrogen) atoms. The van der Waals surface area contributed by atoms with E-state index in [-0.39, 0.29) is 5.60 Å². The molecule has 0 saturated carbocycles. The van der Waals surface area contributed by atoms with Crippen molar-refractivity contribution in [3.63, 3.8) is 0 Å². The van der Waals surface area contributed by atoms with Crippen molar-refractivity contribution < 1.29 is 4.74 Å². The van der Waals surface area contributed by atoms with Crippen LogP contribution in [0.15, 0.2) is 0 Å². The average Bonchev–Trinajstić information content (AvgIpc) is 2.53. The first-order valence-corrected chi connectivity index (χ1v) is 5.76. The van der Waals surface area contributed by atoms with Crippen LogP contribution in [0, 0.1) is 0 Å². The molecule has 0 amide bonds. The molecule has 84 valence electrons. The Morgan fingerprint density at radius 1 is 1.57 bits per heavy atom. The Hall–Kier alpha value is -0.120. The number of rotatable bonds is 6. The van der Waals surface area contributed by atoms with Crippen LogP contribution in [0.4, 0.5) is 0 Å². The fourth-order valence-corrected chi connectivity index (χ4v) is 1.97. The molecule has 2 atom stereocenters. The summed E-state index contributed by atoms with van der Waals surface area (Å²) in [6.45, 7) is 7.11. The van der Waals surface area contributed by atoms with Crippen LogP contribution in [-0.4, -0.2) is 31.3 Å². The van der Waals surface area contributed by atoms with E-state index in [0.717, 1.165) is 32.5 Å². The van der Waals surface area contributed by atoms with Gasteiger partial charge in [-0.05, 0) is 26.2 Å². The van der Waals surface area contributed by atoms with Gasteiger partial charge in [0.2, 0.25) is 0 Å². The lowest BCUT2D eigenvalue weighted by atomic mass is 10.0. The zero-order valence-electron chi connectivity index (χ0n) is 9.51. The predicted molar refractivity (Wildman–Crippen MR) is 59.3 cm³/mol. The van der Waals surface area contributed by atoms with Crippen LogP contribution >= 0.6 is 0 Å². The van der Waals surface area contributed by atoms with Crippen LogP contribution in [0.3, 0.4) is 0 Å². The number of ether oxygens (including phenoxy) is 1. The number of hydrogen-bond donors (Lipinski definition) is 2. The van der Waals surface area contributed by atoms with Crippen molar-refractivity contribution in [2.45, 2.75) is 51.2 Å². The molecule has 1 aliphatic heterocycles. The highest BCUT2D eigenvalue weighted by Crippen LogP contribution is 2.23. The first-order valence-electron chi connectivity index (χ1n) is 5.76. The average molecular weight is 200 g/mol. The van der Waals surface area contributed by atoms with Crippen LogP contribution < -0.4 is 11.1 Å². The van der Waals surface area contributed by atoms with Gasteiger partial charge in [-0.3, -0.25) is 0 Å². The van der Waals surface area contributed by atoms with Crippen LogP contribution in [-0.2, 0) is 4.74 Å². The predicted octanol–water partition coefficient (Wildman–Crippen LogP) is 1.27. The lowest BCUT2D eigenvalue weighted by Gasteiger charge is -2.24. The summed E-state index contributed by atoms with van der Waals surface area (Å²) >= 11 is 0. The fourth-order valence-electron chi connectivity index (χ4n) is 1.97. The van der Waals surface area contributed by atoms with Crippen molar-refractivity contribution in [2.24, 2.45) is 5.73 Å². The Labute approximate surface area is 87.4 Å². The van der Waals surface area contributed by atoms with Crippen LogP contribution in [0.1, 0.15) is 39.5 Å². The van der Waals surface area contributed by atoms with Crippen molar-refractivity contribution in [3.8, 4) is 0 Å². The highest BCUT2D eigenvalue weighted by molar-refractivity contribution is 4.83. The van der Waals surface area contributed by atoms with Gasteiger partial charge in [-0.15, -0.1) is 0 Å². The minimum atomic E-state index is 0.0614. The van der Waals surface area contributed by atoms with Gasteiger partial charge in [-0.25, -0.2) is 0 Å². The SMILES string of the molecule is CCCC(N)CNCC1(C)CCCO1. The minimum Gasteiger partial charge on any atom is -0.374 e. The second-order valence-corrected chi connectivity index (χ2v) is 4.58. The first-order chi connectivity index (χ1) is 6.66. The van der Waals surface area contributed by atoms with Gasteiger partial charge in [0.25, 0.3) is 0 Å². The van der Waals surface area contributed by atoms with Gasteiger partial charge in [-0.1, -0.05) is 13.3 Å². The second kappa shape index (κ2) is 5.69. The zero-order chi connectivity index (χ0) is 10.4. The maximum absolute atomic E-state index is 5.91. The Balaban J connectivity index is 2.08. The molecular formula is C11H24N2O. The molecule has 1 heterocycles. The lowest BCUT2D eigenvalue weighted by molar-refractivity contribution is 0.0208. The third-order valence-corrected chi connectivity index (χ3v) is 2.87. The van der Waals surface area contributed by atoms with E-state index in [2.05, 4.69) is 19.2 Å². The van der Waals surface area contributed by atoms with Crippen molar-refractivity contribution in [3.05, 3.63) is 0 Å². The number of nitrogens with one attached hydrogen (secondary N) is 1. The quantitative estimate of drug-likeness (QED) is 0.679. The third kappa shape index (κ3) is 3.95. The van der Waals surface area contributed by atoms with Gasteiger partial charge in [0, 0.05) is 25.7 Å². The van der Waals surface area contributed by atoms with Gasteiger partial charge in [0.1, 0.15) is 0 Å².